The maximum Gasteiger partial charge on any atom is 0.339 e. The molecule has 0 spiro atoms. The summed E-state index contributed by atoms with van der Waals surface area (Å²) >= 11 is 5.60. The van der Waals surface area contributed by atoms with Crippen molar-refractivity contribution in [1.82, 2.24) is 0 Å². The lowest BCUT2D eigenvalue weighted by molar-refractivity contribution is 0.0600. The van der Waals surface area contributed by atoms with Gasteiger partial charge >= 0.3 is 5.97 Å². The van der Waals surface area contributed by atoms with Gasteiger partial charge in [0.15, 0.2) is 11.5 Å². The Hall–Kier alpha value is -1.42. The fourth-order valence-electron chi connectivity index (χ4n) is 0.818. The van der Waals surface area contributed by atoms with E-state index in [1.165, 1.54) is 7.11 Å². The van der Waals surface area contributed by atoms with Crippen molar-refractivity contribution in [3.8, 4) is 11.5 Å². The van der Waals surface area contributed by atoms with Gasteiger partial charge in [-0.25, -0.2) is 4.79 Å². The first-order chi connectivity index (χ1) is 6.06. The summed E-state index contributed by atoms with van der Waals surface area (Å²) in [6.07, 6.45) is 0. The molecule has 4 nitrogen and oxygen atoms in total. The fraction of sp³-hybridized carbons (Fsp3) is 0.125. The van der Waals surface area contributed by atoms with Gasteiger partial charge in [-0.15, -0.1) is 0 Å². The monoisotopic (exact) mass is 202 g/mol. The van der Waals surface area contributed by atoms with Crippen LogP contribution in [0, 0.1) is 0 Å². The van der Waals surface area contributed by atoms with E-state index in [-0.39, 0.29) is 16.3 Å². The van der Waals surface area contributed by atoms with Gasteiger partial charge in [-0.1, -0.05) is 11.6 Å². The van der Waals surface area contributed by atoms with Crippen LogP contribution in [0.25, 0.3) is 0 Å². The first-order valence-electron chi connectivity index (χ1n) is 3.36. The smallest absolute Gasteiger partial charge is 0.339 e. The Morgan fingerprint density at radius 3 is 2.46 bits per heavy atom. The number of hydrogen-bond donors (Lipinski definition) is 2. The Morgan fingerprint density at radius 2 is 1.92 bits per heavy atom. The molecule has 2 N–H and O–H groups in total. The van der Waals surface area contributed by atoms with Gasteiger partial charge in [0.05, 0.1) is 17.7 Å². The number of halogens is 1. The number of ether oxygens (including phenoxy) is 1. The van der Waals surface area contributed by atoms with Crippen molar-refractivity contribution < 1.29 is 19.7 Å². The molecule has 0 fully saturated rings. The second kappa shape index (κ2) is 3.53. The Kier molecular flexibility index (Phi) is 2.63. The van der Waals surface area contributed by atoms with Crippen LogP contribution in [0.5, 0.6) is 11.5 Å². The van der Waals surface area contributed by atoms with Gasteiger partial charge in [0, 0.05) is 6.07 Å². The van der Waals surface area contributed by atoms with E-state index in [0.717, 1.165) is 12.1 Å². The molecule has 0 saturated carbocycles. The molecule has 1 aromatic carbocycles. The lowest BCUT2D eigenvalue weighted by Crippen LogP contribution is -2.01. The molecule has 0 unspecified atom stereocenters. The average molecular weight is 203 g/mol. The minimum absolute atomic E-state index is 0.0134. The first kappa shape index (κ1) is 9.67. The number of esters is 1. The van der Waals surface area contributed by atoms with E-state index in [1.807, 2.05) is 0 Å². The summed E-state index contributed by atoms with van der Waals surface area (Å²) in [5, 5.41) is 18.1. The van der Waals surface area contributed by atoms with Gasteiger partial charge in [0.2, 0.25) is 0 Å². The number of benzene rings is 1. The maximum absolute atomic E-state index is 11.0. The molecule has 1 aromatic rings. The third kappa shape index (κ3) is 1.84. The summed E-state index contributed by atoms with van der Waals surface area (Å²) in [5.41, 5.74) is 0.0134. The largest absolute Gasteiger partial charge is 0.504 e. The summed E-state index contributed by atoms with van der Waals surface area (Å²) in [6.45, 7) is 0. The molecule has 0 atom stereocenters. The van der Waals surface area contributed by atoms with E-state index in [9.17, 15) is 4.79 Å². The van der Waals surface area contributed by atoms with Gasteiger partial charge in [0.25, 0.3) is 0 Å². The number of methoxy groups -OCH3 is 1. The van der Waals surface area contributed by atoms with Crippen molar-refractivity contribution in [2.24, 2.45) is 0 Å². The van der Waals surface area contributed by atoms with E-state index in [1.54, 1.807) is 0 Å². The van der Waals surface area contributed by atoms with Crippen molar-refractivity contribution in [2.45, 2.75) is 0 Å². The van der Waals surface area contributed by atoms with Crippen LogP contribution in [-0.2, 0) is 4.74 Å². The van der Waals surface area contributed by atoms with E-state index in [4.69, 9.17) is 21.8 Å². The lowest BCUT2D eigenvalue weighted by Gasteiger charge is -2.03. The van der Waals surface area contributed by atoms with E-state index in [0.29, 0.717) is 0 Å². The molecule has 0 aliphatic carbocycles. The van der Waals surface area contributed by atoms with Crippen LogP contribution in [0.1, 0.15) is 10.4 Å². The quantitative estimate of drug-likeness (QED) is 0.536. The number of carbonyl (C=O) groups excluding carboxylic acids is 1. The number of phenols is 2. The Bertz CT molecular complexity index is 348. The highest BCUT2D eigenvalue weighted by Crippen LogP contribution is 2.31. The van der Waals surface area contributed by atoms with E-state index in [2.05, 4.69) is 4.74 Å². The van der Waals surface area contributed by atoms with Crippen molar-refractivity contribution >= 4 is 17.6 Å². The van der Waals surface area contributed by atoms with Crippen molar-refractivity contribution in [1.29, 1.82) is 0 Å². The van der Waals surface area contributed by atoms with Crippen LogP contribution >= 0.6 is 11.6 Å². The minimum atomic E-state index is -0.666. The van der Waals surface area contributed by atoms with Gasteiger partial charge < -0.3 is 14.9 Å². The third-order valence-corrected chi connectivity index (χ3v) is 1.78. The molecular weight excluding hydrogens is 196 g/mol. The number of rotatable bonds is 1. The normalized spacial score (nSPS) is 9.69. The highest BCUT2D eigenvalue weighted by Gasteiger charge is 2.13. The zero-order valence-electron chi connectivity index (χ0n) is 6.74. The summed E-state index contributed by atoms with van der Waals surface area (Å²) in [6, 6.07) is 2.12. The molecule has 0 aliphatic rings. The highest BCUT2D eigenvalue weighted by molar-refractivity contribution is 6.33. The summed E-state index contributed by atoms with van der Waals surface area (Å²) < 4.78 is 4.40. The SMILES string of the molecule is COC(=O)c1cc(O)c(O)cc1Cl. The number of hydrogen-bond acceptors (Lipinski definition) is 4. The van der Waals surface area contributed by atoms with Gasteiger partial charge in [0.1, 0.15) is 0 Å². The van der Waals surface area contributed by atoms with Crippen molar-refractivity contribution in [3.63, 3.8) is 0 Å². The topological polar surface area (TPSA) is 66.8 Å². The Morgan fingerprint density at radius 1 is 1.38 bits per heavy atom. The molecule has 0 bridgehead atoms. The van der Waals surface area contributed by atoms with Crippen molar-refractivity contribution in [2.75, 3.05) is 7.11 Å². The second-order valence-electron chi connectivity index (χ2n) is 2.31. The molecule has 70 valence electrons. The fourth-order valence-corrected chi connectivity index (χ4v) is 1.05. The standard InChI is InChI=1S/C8H7ClO4/c1-13-8(12)4-2-6(10)7(11)3-5(4)9/h2-3,10-11H,1H3. The molecule has 0 radical (unpaired) electrons. The summed E-state index contributed by atoms with van der Waals surface area (Å²) in [4.78, 5) is 11.0. The van der Waals surface area contributed by atoms with Crippen LogP contribution in [0.4, 0.5) is 0 Å². The average Bonchev–Trinajstić information content (AvgIpc) is 2.10. The predicted octanol–water partition coefficient (Wildman–Crippen LogP) is 1.54. The molecule has 0 aliphatic heterocycles. The van der Waals surface area contributed by atoms with Crippen LogP contribution < -0.4 is 0 Å². The highest BCUT2D eigenvalue weighted by atomic mass is 35.5. The summed E-state index contributed by atoms with van der Waals surface area (Å²) in [5.74, 6) is -1.46. The van der Waals surface area contributed by atoms with Gasteiger partial charge in [-0.3, -0.25) is 0 Å². The molecule has 0 saturated heterocycles. The van der Waals surface area contributed by atoms with Gasteiger partial charge in [-0.2, -0.15) is 0 Å². The molecular formula is C8H7ClO4. The molecule has 0 aromatic heterocycles. The molecule has 13 heavy (non-hydrogen) atoms. The van der Waals surface area contributed by atoms with E-state index < -0.39 is 11.7 Å². The number of aromatic hydroxyl groups is 2. The zero-order valence-corrected chi connectivity index (χ0v) is 7.50. The zero-order chi connectivity index (χ0) is 10.0. The van der Waals surface area contributed by atoms with Crippen LogP contribution in [0.2, 0.25) is 5.02 Å². The number of carbonyl (C=O) groups is 1. The minimum Gasteiger partial charge on any atom is -0.504 e. The number of phenolic OH excluding ortho intramolecular Hbond substituents is 2. The van der Waals surface area contributed by atoms with Crippen LogP contribution in [0.15, 0.2) is 12.1 Å². The third-order valence-electron chi connectivity index (χ3n) is 1.47. The van der Waals surface area contributed by atoms with Crippen LogP contribution in [-0.4, -0.2) is 23.3 Å². The van der Waals surface area contributed by atoms with Crippen LogP contribution in [0.3, 0.4) is 0 Å². The summed E-state index contributed by atoms with van der Waals surface area (Å²) in [7, 11) is 1.20. The second-order valence-corrected chi connectivity index (χ2v) is 2.72. The van der Waals surface area contributed by atoms with E-state index >= 15 is 0 Å². The Labute approximate surface area is 79.3 Å². The predicted molar refractivity (Wildman–Crippen MR) is 46.1 cm³/mol. The Balaban J connectivity index is 3.23. The molecule has 0 heterocycles. The maximum atomic E-state index is 11.0. The molecule has 0 amide bonds. The first-order valence-corrected chi connectivity index (χ1v) is 3.74. The molecule has 5 heteroatoms. The lowest BCUT2D eigenvalue weighted by atomic mass is 10.2. The van der Waals surface area contributed by atoms with Gasteiger partial charge in [-0.05, 0) is 6.07 Å². The van der Waals surface area contributed by atoms with Crippen molar-refractivity contribution in [3.05, 3.63) is 22.7 Å². The molecule has 1 rings (SSSR count).